The Kier molecular flexibility index (Phi) is 6.22. The molecular formula is C18H25N3. The number of nitrogens with zero attached hydrogens (tertiary/aromatic N) is 2. The molecule has 1 aromatic carbocycles. The van der Waals surface area contributed by atoms with Gasteiger partial charge in [0.1, 0.15) is 0 Å². The van der Waals surface area contributed by atoms with Gasteiger partial charge in [-0.2, -0.15) is 5.10 Å². The first kappa shape index (κ1) is 15.5. The van der Waals surface area contributed by atoms with Gasteiger partial charge in [-0.1, -0.05) is 37.1 Å². The normalized spacial score (nSPS) is 12.2. The number of nitrogens with one attached hydrogen (secondary N) is 1. The molecule has 0 radical (unpaired) electrons. The van der Waals surface area contributed by atoms with Gasteiger partial charge >= 0.3 is 0 Å². The fraction of sp³-hybridized carbons (Fsp3) is 0.389. The zero-order valence-corrected chi connectivity index (χ0v) is 12.8. The van der Waals surface area contributed by atoms with Gasteiger partial charge in [0, 0.05) is 17.8 Å². The molecule has 21 heavy (non-hydrogen) atoms. The van der Waals surface area contributed by atoms with E-state index in [0.717, 1.165) is 18.5 Å². The highest BCUT2D eigenvalue weighted by Crippen LogP contribution is 2.20. The molecule has 0 aliphatic heterocycles. The third-order valence-electron chi connectivity index (χ3n) is 3.78. The lowest BCUT2D eigenvalue weighted by Gasteiger charge is -2.14. The summed E-state index contributed by atoms with van der Waals surface area (Å²) in [5, 5.41) is 7.88. The fourth-order valence-electron chi connectivity index (χ4n) is 2.53. The maximum Gasteiger partial charge on any atom is 0.0645 e. The lowest BCUT2D eigenvalue weighted by atomic mass is 10.0. The average molecular weight is 283 g/mol. The Labute approximate surface area is 127 Å². The minimum Gasteiger partial charge on any atom is -0.313 e. The van der Waals surface area contributed by atoms with Gasteiger partial charge in [-0.15, -0.1) is 6.58 Å². The zero-order chi connectivity index (χ0) is 14.9. The van der Waals surface area contributed by atoms with Crippen molar-refractivity contribution in [2.75, 3.05) is 7.05 Å². The number of hydrogen-bond acceptors (Lipinski definition) is 2. The maximum atomic E-state index is 4.48. The van der Waals surface area contributed by atoms with Crippen LogP contribution in [0.1, 0.15) is 43.7 Å². The maximum absolute atomic E-state index is 4.48. The molecule has 1 N–H and O–H groups in total. The highest BCUT2D eigenvalue weighted by Gasteiger charge is 2.11. The predicted molar refractivity (Wildman–Crippen MR) is 88.6 cm³/mol. The van der Waals surface area contributed by atoms with Crippen molar-refractivity contribution < 1.29 is 0 Å². The third-order valence-corrected chi connectivity index (χ3v) is 3.78. The molecule has 2 rings (SSSR count). The van der Waals surface area contributed by atoms with Crippen molar-refractivity contribution in [2.24, 2.45) is 0 Å². The third kappa shape index (κ3) is 4.57. The van der Waals surface area contributed by atoms with E-state index in [9.17, 15) is 0 Å². The van der Waals surface area contributed by atoms with E-state index < -0.39 is 0 Å². The first-order chi connectivity index (χ1) is 10.3. The second-order valence-electron chi connectivity index (χ2n) is 5.32. The quantitative estimate of drug-likeness (QED) is 0.550. The summed E-state index contributed by atoms with van der Waals surface area (Å²) in [6.07, 6.45) is 12.1. The summed E-state index contributed by atoms with van der Waals surface area (Å²) < 4.78 is 1.94. The summed E-state index contributed by atoms with van der Waals surface area (Å²) in [6, 6.07) is 10.6. The summed E-state index contributed by atoms with van der Waals surface area (Å²) in [5.41, 5.74) is 2.36. The summed E-state index contributed by atoms with van der Waals surface area (Å²) in [6.45, 7) is 3.77. The van der Waals surface area contributed by atoms with Crippen LogP contribution in [-0.2, 0) is 0 Å². The van der Waals surface area contributed by atoms with Crippen LogP contribution < -0.4 is 5.32 Å². The van der Waals surface area contributed by atoms with Crippen molar-refractivity contribution in [2.45, 2.75) is 38.1 Å². The van der Waals surface area contributed by atoms with Crippen molar-refractivity contribution in [3.8, 4) is 5.69 Å². The van der Waals surface area contributed by atoms with Crippen LogP contribution in [0, 0.1) is 0 Å². The molecule has 0 saturated carbocycles. The molecule has 0 spiro atoms. The van der Waals surface area contributed by atoms with Gasteiger partial charge in [0.25, 0.3) is 0 Å². The molecule has 0 aliphatic carbocycles. The molecule has 0 bridgehead atoms. The van der Waals surface area contributed by atoms with E-state index in [4.69, 9.17) is 0 Å². The highest BCUT2D eigenvalue weighted by atomic mass is 15.3. The fourth-order valence-corrected chi connectivity index (χ4v) is 2.53. The molecule has 3 heteroatoms. The molecule has 112 valence electrons. The van der Waals surface area contributed by atoms with Crippen LogP contribution in [0.25, 0.3) is 5.69 Å². The van der Waals surface area contributed by atoms with Crippen molar-refractivity contribution in [3.05, 3.63) is 60.9 Å². The molecule has 0 amide bonds. The number of para-hydroxylation sites is 1. The molecule has 0 aliphatic rings. The summed E-state index contributed by atoms with van der Waals surface area (Å²) >= 11 is 0. The van der Waals surface area contributed by atoms with E-state index in [1.807, 2.05) is 42.2 Å². The molecule has 3 nitrogen and oxygen atoms in total. The van der Waals surface area contributed by atoms with Crippen LogP contribution in [0.3, 0.4) is 0 Å². The van der Waals surface area contributed by atoms with Gasteiger partial charge in [-0.25, -0.2) is 4.68 Å². The van der Waals surface area contributed by atoms with E-state index in [2.05, 4.69) is 35.3 Å². The Balaban J connectivity index is 1.93. The second kappa shape index (κ2) is 8.42. The Morgan fingerprint density at radius 3 is 2.76 bits per heavy atom. The van der Waals surface area contributed by atoms with Crippen LogP contribution in [0.5, 0.6) is 0 Å². The number of rotatable bonds is 9. The van der Waals surface area contributed by atoms with Crippen LogP contribution in [-0.4, -0.2) is 16.8 Å². The lowest BCUT2D eigenvalue weighted by molar-refractivity contribution is 0.508. The summed E-state index contributed by atoms with van der Waals surface area (Å²) in [7, 11) is 2.02. The van der Waals surface area contributed by atoms with Crippen LogP contribution in [0.4, 0.5) is 0 Å². The van der Waals surface area contributed by atoms with E-state index in [1.165, 1.54) is 24.8 Å². The van der Waals surface area contributed by atoms with E-state index in [-0.39, 0.29) is 0 Å². The standard InChI is InChI=1S/C18H25N3/c1-3-4-5-6-10-13-18(19-2)16-14-20-21(15-16)17-11-8-7-9-12-17/h3,7-9,11-12,14-15,18-19H,1,4-6,10,13H2,2H3. The zero-order valence-electron chi connectivity index (χ0n) is 12.8. The summed E-state index contributed by atoms with van der Waals surface area (Å²) in [4.78, 5) is 0. The molecular weight excluding hydrogens is 258 g/mol. The van der Waals surface area contributed by atoms with E-state index >= 15 is 0 Å². The van der Waals surface area contributed by atoms with Gasteiger partial charge in [-0.3, -0.25) is 0 Å². The van der Waals surface area contributed by atoms with Gasteiger partial charge in [0.05, 0.1) is 11.9 Å². The van der Waals surface area contributed by atoms with Crippen LogP contribution in [0.15, 0.2) is 55.4 Å². The smallest absolute Gasteiger partial charge is 0.0645 e. The topological polar surface area (TPSA) is 29.9 Å². The first-order valence-electron chi connectivity index (χ1n) is 7.73. The molecule has 1 atom stereocenters. The molecule has 1 unspecified atom stereocenters. The van der Waals surface area contributed by atoms with E-state index in [1.54, 1.807) is 0 Å². The van der Waals surface area contributed by atoms with Crippen molar-refractivity contribution in [1.82, 2.24) is 15.1 Å². The minimum absolute atomic E-state index is 0.381. The van der Waals surface area contributed by atoms with Gasteiger partial charge in [0.15, 0.2) is 0 Å². The molecule has 1 aromatic heterocycles. The van der Waals surface area contributed by atoms with Gasteiger partial charge in [-0.05, 0) is 38.4 Å². The Hall–Kier alpha value is -1.87. The largest absolute Gasteiger partial charge is 0.313 e. The molecule has 1 heterocycles. The highest BCUT2D eigenvalue weighted by molar-refractivity contribution is 5.31. The number of allylic oxidation sites excluding steroid dienone is 1. The minimum atomic E-state index is 0.381. The molecule has 2 aromatic rings. The Morgan fingerprint density at radius 1 is 1.24 bits per heavy atom. The van der Waals surface area contributed by atoms with Crippen LogP contribution >= 0.6 is 0 Å². The number of benzene rings is 1. The molecule has 0 saturated heterocycles. The summed E-state index contributed by atoms with van der Waals surface area (Å²) in [5.74, 6) is 0. The van der Waals surface area contributed by atoms with Crippen molar-refractivity contribution in [3.63, 3.8) is 0 Å². The second-order valence-corrected chi connectivity index (χ2v) is 5.32. The Bertz CT molecular complexity index is 530. The van der Waals surface area contributed by atoms with E-state index in [0.29, 0.717) is 6.04 Å². The first-order valence-corrected chi connectivity index (χ1v) is 7.73. The van der Waals surface area contributed by atoms with Crippen molar-refractivity contribution >= 4 is 0 Å². The average Bonchev–Trinajstić information content (AvgIpc) is 3.01. The Morgan fingerprint density at radius 2 is 2.05 bits per heavy atom. The van der Waals surface area contributed by atoms with Gasteiger partial charge in [0.2, 0.25) is 0 Å². The van der Waals surface area contributed by atoms with Crippen molar-refractivity contribution in [1.29, 1.82) is 0 Å². The monoisotopic (exact) mass is 283 g/mol. The van der Waals surface area contributed by atoms with Gasteiger partial charge < -0.3 is 5.32 Å². The number of aromatic nitrogens is 2. The number of hydrogen-bond donors (Lipinski definition) is 1. The number of unbranched alkanes of at least 4 members (excludes halogenated alkanes) is 3. The SMILES string of the molecule is C=CCCCCCC(NC)c1cnn(-c2ccccc2)c1. The van der Waals surface area contributed by atoms with Crippen LogP contribution in [0.2, 0.25) is 0 Å². The predicted octanol–water partition coefficient (Wildman–Crippen LogP) is 4.27. The molecule has 0 fully saturated rings. The lowest BCUT2D eigenvalue weighted by Crippen LogP contribution is -2.15.